The molecule has 0 saturated heterocycles. The summed E-state index contributed by atoms with van der Waals surface area (Å²) in [5.74, 6) is -0.864. The zero-order valence-electron chi connectivity index (χ0n) is 14.8. The van der Waals surface area contributed by atoms with Crippen molar-refractivity contribution in [1.82, 2.24) is 4.90 Å². The Kier molecular flexibility index (Phi) is 6.69. The lowest BCUT2D eigenvalue weighted by molar-refractivity contribution is -0.154. The molecule has 132 valence electrons. The maximum Gasteiger partial charge on any atom is 0.331 e. The molecule has 0 saturated carbocycles. The Morgan fingerprint density at radius 1 is 1.15 bits per heavy atom. The highest BCUT2D eigenvalue weighted by atomic mass is 16.5. The number of hydrogen-bond donors (Lipinski definition) is 0. The maximum absolute atomic E-state index is 12.3. The minimum Gasteiger partial charge on any atom is -0.449 e. The fourth-order valence-corrected chi connectivity index (χ4v) is 2.34. The van der Waals surface area contributed by atoms with Gasteiger partial charge in [-0.25, -0.2) is 4.79 Å². The summed E-state index contributed by atoms with van der Waals surface area (Å²) in [7, 11) is 1.67. The second kappa shape index (κ2) is 9.19. The molecule has 0 aliphatic rings. The number of esters is 1. The normalized spacial score (nSPS) is 11.6. The Balaban J connectivity index is 1.87. The number of rotatable bonds is 6. The Morgan fingerprint density at radius 3 is 2.42 bits per heavy atom. The van der Waals surface area contributed by atoms with E-state index >= 15 is 0 Å². The van der Waals surface area contributed by atoms with E-state index in [0.717, 1.165) is 11.1 Å². The molecule has 0 bridgehead atoms. The van der Waals surface area contributed by atoms with Crippen molar-refractivity contribution in [2.45, 2.75) is 19.6 Å². The van der Waals surface area contributed by atoms with Crippen LogP contribution in [0.4, 0.5) is 0 Å². The molecule has 5 nitrogen and oxygen atoms in total. The van der Waals surface area contributed by atoms with Gasteiger partial charge in [-0.3, -0.25) is 4.79 Å². The lowest BCUT2D eigenvalue weighted by Crippen LogP contribution is -2.36. The molecule has 0 unspecified atom stereocenters. The topological polar surface area (TPSA) is 70.4 Å². The molecule has 5 heteroatoms. The maximum atomic E-state index is 12.3. The summed E-state index contributed by atoms with van der Waals surface area (Å²) >= 11 is 0. The van der Waals surface area contributed by atoms with Crippen LogP contribution in [0.15, 0.2) is 60.7 Å². The molecule has 0 aliphatic heterocycles. The van der Waals surface area contributed by atoms with E-state index in [0.29, 0.717) is 12.1 Å². The van der Waals surface area contributed by atoms with E-state index in [1.807, 2.05) is 36.4 Å². The fraction of sp³-hybridized carbons (Fsp3) is 0.190. The molecule has 0 heterocycles. The van der Waals surface area contributed by atoms with Crippen molar-refractivity contribution >= 4 is 18.0 Å². The molecule has 0 N–H and O–H groups in total. The summed E-state index contributed by atoms with van der Waals surface area (Å²) in [5.41, 5.74) is 2.31. The Bertz CT molecular complexity index is 821. The van der Waals surface area contributed by atoms with Gasteiger partial charge in [-0.2, -0.15) is 5.26 Å². The van der Waals surface area contributed by atoms with Crippen molar-refractivity contribution in [2.75, 3.05) is 7.05 Å². The average molecular weight is 348 g/mol. The van der Waals surface area contributed by atoms with E-state index in [1.54, 1.807) is 44.3 Å². The summed E-state index contributed by atoms with van der Waals surface area (Å²) in [4.78, 5) is 25.8. The molecule has 1 atom stereocenters. The summed E-state index contributed by atoms with van der Waals surface area (Å²) in [6, 6.07) is 18.4. The van der Waals surface area contributed by atoms with Crippen LogP contribution in [0.3, 0.4) is 0 Å². The first-order valence-corrected chi connectivity index (χ1v) is 8.17. The third kappa shape index (κ3) is 5.60. The van der Waals surface area contributed by atoms with Gasteiger partial charge in [0.25, 0.3) is 5.91 Å². The minimum atomic E-state index is -0.873. The third-order valence-corrected chi connectivity index (χ3v) is 3.73. The van der Waals surface area contributed by atoms with Crippen LogP contribution in [-0.4, -0.2) is 29.9 Å². The molecule has 0 aromatic heterocycles. The quantitative estimate of drug-likeness (QED) is 0.594. The first-order valence-electron chi connectivity index (χ1n) is 8.17. The lowest BCUT2D eigenvalue weighted by atomic mass is 10.1. The van der Waals surface area contributed by atoms with E-state index in [1.165, 1.54) is 11.0 Å². The van der Waals surface area contributed by atoms with Gasteiger partial charge in [-0.15, -0.1) is 0 Å². The molecular weight excluding hydrogens is 328 g/mol. The first-order chi connectivity index (χ1) is 12.5. The van der Waals surface area contributed by atoms with Crippen LogP contribution in [0.5, 0.6) is 0 Å². The molecule has 1 amide bonds. The zero-order valence-corrected chi connectivity index (χ0v) is 14.8. The van der Waals surface area contributed by atoms with Crippen molar-refractivity contribution in [2.24, 2.45) is 0 Å². The van der Waals surface area contributed by atoms with E-state index in [-0.39, 0.29) is 5.91 Å². The Morgan fingerprint density at radius 2 is 1.81 bits per heavy atom. The van der Waals surface area contributed by atoms with Crippen LogP contribution in [0.25, 0.3) is 6.08 Å². The van der Waals surface area contributed by atoms with Crippen LogP contribution < -0.4 is 0 Å². The molecule has 2 rings (SSSR count). The van der Waals surface area contributed by atoms with Crippen molar-refractivity contribution in [3.63, 3.8) is 0 Å². The van der Waals surface area contributed by atoms with Gasteiger partial charge in [0.15, 0.2) is 6.10 Å². The monoisotopic (exact) mass is 348 g/mol. The summed E-state index contributed by atoms with van der Waals surface area (Å²) in [6.07, 6.45) is 1.97. The molecule has 0 aliphatic carbocycles. The van der Waals surface area contributed by atoms with Gasteiger partial charge in [0.05, 0.1) is 11.6 Å². The largest absolute Gasteiger partial charge is 0.449 e. The molecule has 0 spiro atoms. The van der Waals surface area contributed by atoms with Crippen LogP contribution in [-0.2, 0) is 20.9 Å². The number of ether oxygens (including phenoxy) is 1. The van der Waals surface area contributed by atoms with Crippen LogP contribution >= 0.6 is 0 Å². The average Bonchev–Trinajstić information content (AvgIpc) is 2.66. The Labute approximate surface area is 153 Å². The van der Waals surface area contributed by atoms with E-state index < -0.39 is 12.1 Å². The van der Waals surface area contributed by atoms with Gasteiger partial charge in [-0.05, 0) is 36.3 Å². The van der Waals surface area contributed by atoms with Crippen molar-refractivity contribution in [1.29, 1.82) is 5.26 Å². The van der Waals surface area contributed by atoms with Gasteiger partial charge in [-0.1, -0.05) is 42.5 Å². The van der Waals surface area contributed by atoms with Crippen LogP contribution in [0, 0.1) is 11.3 Å². The third-order valence-electron chi connectivity index (χ3n) is 3.73. The molecule has 2 aromatic rings. The number of carbonyl (C=O) groups is 2. The highest BCUT2D eigenvalue weighted by molar-refractivity contribution is 5.90. The standard InChI is InChI=1S/C21H20N2O3/c1-16(21(25)23(2)15-19-6-4-3-5-7-19)26-20(24)13-12-17-8-10-18(14-22)11-9-17/h3-13,16H,15H2,1-2H3/b13-12+/t16-/m1/s1. The number of nitriles is 1. The van der Waals surface area contributed by atoms with Crippen LogP contribution in [0.2, 0.25) is 0 Å². The minimum absolute atomic E-state index is 0.269. The van der Waals surface area contributed by atoms with Crippen molar-refractivity contribution < 1.29 is 14.3 Å². The first kappa shape index (κ1) is 18.9. The van der Waals surface area contributed by atoms with Gasteiger partial charge in [0, 0.05) is 19.7 Å². The highest BCUT2D eigenvalue weighted by Crippen LogP contribution is 2.08. The van der Waals surface area contributed by atoms with E-state index in [9.17, 15) is 9.59 Å². The number of likely N-dealkylation sites (N-methyl/N-ethyl adjacent to an activating group) is 1. The van der Waals surface area contributed by atoms with Gasteiger partial charge in [0.1, 0.15) is 0 Å². The molecule has 2 aromatic carbocycles. The highest BCUT2D eigenvalue weighted by Gasteiger charge is 2.20. The second-order valence-electron chi connectivity index (χ2n) is 5.83. The van der Waals surface area contributed by atoms with E-state index in [2.05, 4.69) is 0 Å². The van der Waals surface area contributed by atoms with Crippen LogP contribution in [0.1, 0.15) is 23.6 Å². The lowest BCUT2D eigenvalue weighted by Gasteiger charge is -2.21. The van der Waals surface area contributed by atoms with Gasteiger partial charge >= 0.3 is 5.97 Å². The van der Waals surface area contributed by atoms with Crippen molar-refractivity contribution in [3.8, 4) is 6.07 Å². The SMILES string of the molecule is C[C@@H](OC(=O)/C=C/c1ccc(C#N)cc1)C(=O)N(C)Cc1ccccc1. The van der Waals surface area contributed by atoms with Gasteiger partial charge < -0.3 is 9.64 Å². The summed E-state index contributed by atoms with van der Waals surface area (Å²) in [6.45, 7) is 2.00. The zero-order chi connectivity index (χ0) is 18.9. The smallest absolute Gasteiger partial charge is 0.331 e. The molecule has 0 radical (unpaired) electrons. The summed E-state index contributed by atoms with van der Waals surface area (Å²) < 4.78 is 5.17. The number of carbonyl (C=O) groups excluding carboxylic acids is 2. The predicted octanol–water partition coefficient (Wildman–Crippen LogP) is 3.16. The number of hydrogen-bond acceptors (Lipinski definition) is 4. The predicted molar refractivity (Wildman–Crippen MR) is 98.7 cm³/mol. The number of amides is 1. The number of benzene rings is 2. The molecular formula is C21H20N2O3. The number of nitrogens with zero attached hydrogens (tertiary/aromatic N) is 2. The Hall–Kier alpha value is -3.39. The van der Waals surface area contributed by atoms with Gasteiger partial charge in [0.2, 0.25) is 0 Å². The fourth-order valence-electron chi connectivity index (χ4n) is 2.34. The van der Waals surface area contributed by atoms with E-state index in [4.69, 9.17) is 10.00 Å². The molecule has 0 fully saturated rings. The summed E-state index contributed by atoms with van der Waals surface area (Å²) in [5, 5.41) is 8.76. The molecule has 26 heavy (non-hydrogen) atoms. The second-order valence-corrected chi connectivity index (χ2v) is 5.83. The van der Waals surface area contributed by atoms with Crippen molar-refractivity contribution in [3.05, 3.63) is 77.4 Å².